The molecule has 8 nitrogen and oxygen atoms in total. The molecule has 1 aromatic heterocycles. The summed E-state index contributed by atoms with van der Waals surface area (Å²) in [7, 11) is 0. The third-order valence-corrected chi connectivity index (χ3v) is 3.20. The van der Waals surface area contributed by atoms with Crippen LogP contribution in [0.3, 0.4) is 0 Å². The van der Waals surface area contributed by atoms with Crippen LogP contribution in [0, 0.1) is 6.92 Å². The van der Waals surface area contributed by atoms with Crippen LogP contribution < -0.4 is 16.4 Å². The van der Waals surface area contributed by atoms with Crippen molar-refractivity contribution in [2.24, 2.45) is 5.73 Å². The van der Waals surface area contributed by atoms with E-state index >= 15 is 0 Å². The Labute approximate surface area is 119 Å². The second kappa shape index (κ2) is 7.43. The summed E-state index contributed by atoms with van der Waals surface area (Å²) in [4.78, 5) is 37.3. The van der Waals surface area contributed by atoms with E-state index in [9.17, 15) is 14.4 Å². The van der Waals surface area contributed by atoms with E-state index in [1.165, 1.54) is 11.3 Å². The van der Waals surface area contributed by atoms with Gasteiger partial charge in [0.2, 0.25) is 5.91 Å². The lowest BCUT2D eigenvalue weighted by Gasteiger charge is -2.14. The fourth-order valence-electron chi connectivity index (χ4n) is 1.41. The lowest BCUT2D eigenvalue weighted by atomic mass is 10.1. The molecule has 0 aliphatic heterocycles. The molecule has 0 saturated heterocycles. The van der Waals surface area contributed by atoms with Crippen LogP contribution in [0.1, 0.15) is 23.5 Å². The molecule has 0 aliphatic carbocycles. The molecular formula is C11H16N4O4S. The zero-order valence-corrected chi connectivity index (χ0v) is 11.7. The number of hydrogen-bond acceptors (Lipinski definition) is 5. The predicted molar refractivity (Wildman–Crippen MR) is 72.1 cm³/mol. The van der Waals surface area contributed by atoms with E-state index in [0.717, 1.165) is 5.01 Å². The average molecular weight is 300 g/mol. The number of aryl methyl sites for hydroxylation is 1. The van der Waals surface area contributed by atoms with E-state index in [2.05, 4.69) is 15.6 Å². The van der Waals surface area contributed by atoms with Gasteiger partial charge in [-0.1, -0.05) is 0 Å². The Balaban J connectivity index is 2.41. The van der Waals surface area contributed by atoms with Crippen molar-refractivity contribution in [1.82, 2.24) is 15.6 Å². The second-order valence-corrected chi connectivity index (χ2v) is 5.14. The van der Waals surface area contributed by atoms with E-state index in [1.54, 1.807) is 5.38 Å². The summed E-state index contributed by atoms with van der Waals surface area (Å²) in [6.07, 6.45) is -0.156. The lowest BCUT2D eigenvalue weighted by Crippen LogP contribution is -2.46. The van der Waals surface area contributed by atoms with Crippen molar-refractivity contribution in [3.63, 3.8) is 0 Å². The van der Waals surface area contributed by atoms with Crippen LogP contribution in [-0.2, 0) is 16.1 Å². The number of carboxylic acids is 1. The van der Waals surface area contributed by atoms with Crippen LogP contribution in [0.2, 0.25) is 0 Å². The highest BCUT2D eigenvalue weighted by Crippen LogP contribution is 2.07. The number of nitrogens with zero attached hydrogens (tertiary/aromatic N) is 1. The summed E-state index contributed by atoms with van der Waals surface area (Å²) in [5, 5.41) is 16.4. The number of nitrogens with two attached hydrogens (primary N) is 1. The zero-order chi connectivity index (χ0) is 15.1. The number of carbonyl (C=O) groups excluding carboxylic acids is 2. The van der Waals surface area contributed by atoms with Crippen molar-refractivity contribution in [2.45, 2.75) is 32.4 Å². The highest BCUT2D eigenvalue weighted by atomic mass is 32.1. The molecular weight excluding hydrogens is 284 g/mol. The molecule has 9 heteroatoms. The number of carbonyl (C=O) groups is 3. The third kappa shape index (κ3) is 5.65. The molecule has 1 aromatic rings. The highest BCUT2D eigenvalue weighted by molar-refractivity contribution is 7.09. The number of nitrogens with one attached hydrogen (secondary N) is 2. The molecule has 0 aromatic carbocycles. The summed E-state index contributed by atoms with van der Waals surface area (Å²) < 4.78 is 0. The van der Waals surface area contributed by atoms with Gasteiger partial charge in [0.15, 0.2) is 0 Å². The molecule has 20 heavy (non-hydrogen) atoms. The molecule has 110 valence electrons. The first-order chi connectivity index (χ1) is 9.38. The second-order valence-electron chi connectivity index (χ2n) is 4.08. The molecule has 0 spiro atoms. The van der Waals surface area contributed by atoms with Crippen molar-refractivity contribution in [3.8, 4) is 0 Å². The minimum atomic E-state index is -1.22. The van der Waals surface area contributed by atoms with E-state index in [4.69, 9.17) is 10.8 Å². The van der Waals surface area contributed by atoms with Gasteiger partial charge in [-0.15, -0.1) is 11.3 Å². The first-order valence-electron chi connectivity index (χ1n) is 5.85. The van der Waals surface area contributed by atoms with Crippen molar-refractivity contribution >= 4 is 29.2 Å². The van der Waals surface area contributed by atoms with Gasteiger partial charge in [0.1, 0.15) is 6.04 Å². The van der Waals surface area contributed by atoms with Crippen LogP contribution in [0.15, 0.2) is 5.38 Å². The molecule has 0 fully saturated rings. The quantitative estimate of drug-likeness (QED) is 0.561. The Morgan fingerprint density at radius 1 is 1.50 bits per heavy atom. The third-order valence-electron chi connectivity index (χ3n) is 2.38. The van der Waals surface area contributed by atoms with E-state index < -0.39 is 23.9 Å². The summed E-state index contributed by atoms with van der Waals surface area (Å²) >= 11 is 1.46. The summed E-state index contributed by atoms with van der Waals surface area (Å²) in [5.74, 6) is -1.83. The smallest absolute Gasteiger partial charge is 0.326 e. The van der Waals surface area contributed by atoms with Gasteiger partial charge in [0.25, 0.3) is 0 Å². The van der Waals surface area contributed by atoms with E-state index in [-0.39, 0.29) is 19.4 Å². The van der Waals surface area contributed by atoms with Crippen molar-refractivity contribution in [2.75, 3.05) is 0 Å². The van der Waals surface area contributed by atoms with Gasteiger partial charge < -0.3 is 21.5 Å². The van der Waals surface area contributed by atoms with E-state index in [0.29, 0.717) is 5.69 Å². The Kier molecular flexibility index (Phi) is 5.91. The molecule has 3 amide bonds. The van der Waals surface area contributed by atoms with Gasteiger partial charge >= 0.3 is 12.0 Å². The first-order valence-corrected chi connectivity index (χ1v) is 6.73. The summed E-state index contributed by atoms with van der Waals surface area (Å²) in [5.41, 5.74) is 5.64. The Hall–Kier alpha value is -2.16. The Morgan fingerprint density at radius 2 is 2.20 bits per heavy atom. The Morgan fingerprint density at radius 3 is 2.70 bits per heavy atom. The van der Waals surface area contributed by atoms with Gasteiger partial charge in [-0.05, 0) is 13.3 Å². The molecule has 0 saturated carbocycles. The minimum Gasteiger partial charge on any atom is -0.480 e. The zero-order valence-electron chi connectivity index (χ0n) is 10.9. The number of carboxylic acid groups (broad SMARTS) is 1. The van der Waals surface area contributed by atoms with Gasteiger partial charge in [-0.25, -0.2) is 14.6 Å². The van der Waals surface area contributed by atoms with E-state index in [1.807, 2.05) is 6.92 Å². The number of rotatable bonds is 7. The summed E-state index contributed by atoms with van der Waals surface area (Å²) in [6.45, 7) is 2.05. The molecule has 1 heterocycles. The number of aromatic nitrogens is 1. The van der Waals surface area contributed by atoms with Gasteiger partial charge in [-0.2, -0.15) is 0 Å². The highest BCUT2D eigenvalue weighted by Gasteiger charge is 2.20. The number of primary amides is 1. The van der Waals surface area contributed by atoms with Crippen LogP contribution in [-0.4, -0.2) is 34.0 Å². The van der Waals surface area contributed by atoms with Crippen molar-refractivity contribution < 1.29 is 19.5 Å². The molecule has 0 unspecified atom stereocenters. The van der Waals surface area contributed by atoms with Gasteiger partial charge in [0.05, 0.1) is 17.2 Å². The standard InChI is InChI=1S/C11H16N4O4S/c1-6-14-7(5-20-6)4-13-11(19)15-8(10(17)18)2-3-9(12)16/h5,8H,2-4H2,1H3,(H2,12,16)(H,17,18)(H2,13,15,19)/t8-/m1/s1. The maximum atomic E-state index is 11.6. The summed E-state index contributed by atoms with van der Waals surface area (Å²) in [6, 6.07) is -1.79. The largest absolute Gasteiger partial charge is 0.480 e. The number of aliphatic carboxylic acids is 1. The van der Waals surface area contributed by atoms with Crippen molar-refractivity contribution in [3.05, 3.63) is 16.1 Å². The average Bonchev–Trinajstić information content (AvgIpc) is 2.77. The van der Waals surface area contributed by atoms with Crippen LogP contribution in [0.4, 0.5) is 4.79 Å². The maximum absolute atomic E-state index is 11.6. The number of thiazole rings is 1. The van der Waals surface area contributed by atoms with Crippen molar-refractivity contribution in [1.29, 1.82) is 0 Å². The lowest BCUT2D eigenvalue weighted by molar-refractivity contribution is -0.139. The SMILES string of the molecule is Cc1nc(CNC(=O)N[C@H](CCC(N)=O)C(=O)O)cs1. The molecule has 0 aliphatic rings. The van der Waals surface area contributed by atoms with Gasteiger partial charge in [0, 0.05) is 11.8 Å². The first kappa shape index (κ1) is 15.9. The minimum absolute atomic E-state index is 0.0477. The molecule has 5 N–H and O–H groups in total. The maximum Gasteiger partial charge on any atom is 0.326 e. The van der Waals surface area contributed by atoms with Crippen LogP contribution in [0.5, 0.6) is 0 Å². The number of amides is 3. The Bertz CT molecular complexity index is 502. The number of urea groups is 1. The number of hydrogen-bond donors (Lipinski definition) is 4. The molecule has 1 atom stereocenters. The predicted octanol–water partition coefficient (Wildman–Crippen LogP) is -0.0306. The van der Waals surface area contributed by atoms with Gasteiger partial charge in [-0.3, -0.25) is 4.79 Å². The fourth-order valence-corrected chi connectivity index (χ4v) is 2.03. The normalized spacial score (nSPS) is 11.7. The van der Waals surface area contributed by atoms with Crippen LogP contribution in [0.25, 0.3) is 0 Å². The molecule has 0 radical (unpaired) electrons. The van der Waals surface area contributed by atoms with Crippen LogP contribution >= 0.6 is 11.3 Å². The monoisotopic (exact) mass is 300 g/mol. The molecule has 1 rings (SSSR count). The fraction of sp³-hybridized carbons (Fsp3) is 0.455. The molecule has 0 bridgehead atoms. The topological polar surface area (TPSA) is 134 Å².